The average molecular weight is 442 g/mol. The second-order valence-electron chi connectivity index (χ2n) is 7.08. The molecule has 3 N–H and O–H groups in total. The van der Waals surface area contributed by atoms with Gasteiger partial charge < -0.3 is 10.8 Å². The first-order chi connectivity index (χ1) is 16.1. The molecule has 0 bridgehead atoms. The number of aliphatic hydroxyl groups is 1. The molecule has 0 saturated heterocycles. The maximum absolute atomic E-state index is 13.3. The van der Waals surface area contributed by atoms with Crippen LogP contribution in [-0.4, -0.2) is 24.6 Å². The summed E-state index contributed by atoms with van der Waals surface area (Å²) in [7, 11) is 0. The van der Waals surface area contributed by atoms with E-state index in [2.05, 4.69) is 4.98 Å². The largest absolute Gasteiger partial charge is 0.398 e. The molecule has 0 saturated carbocycles. The lowest BCUT2D eigenvalue weighted by Gasteiger charge is -2.11. The van der Waals surface area contributed by atoms with E-state index >= 15 is 0 Å². The lowest BCUT2D eigenvalue weighted by Crippen LogP contribution is -2.01. The molecule has 3 aromatic heterocycles. The molecule has 0 unspecified atom stereocenters. The number of anilines is 1. The summed E-state index contributed by atoms with van der Waals surface area (Å²) in [6.45, 7) is 3.96. The molecule has 166 valence electrons. The molecule has 6 nitrogen and oxygen atoms in total. The maximum atomic E-state index is 13.3. The fraction of sp³-hybridized carbons (Fsp3) is 0.115. The first kappa shape index (κ1) is 22.1. The lowest BCUT2D eigenvalue weighted by atomic mass is 10.1. The lowest BCUT2D eigenvalue weighted by molar-refractivity contribution is 0.282. The van der Waals surface area contributed by atoms with Gasteiger partial charge >= 0.3 is 0 Å². The van der Waals surface area contributed by atoms with Crippen molar-refractivity contribution in [2.45, 2.75) is 20.5 Å². The van der Waals surface area contributed by atoms with Crippen molar-refractivity contribution in [3.8, 4) is 28.5 Å². The number of nitrogens with two attached hydrogens (primary N) is 1. The van der Waals surface area contributed by atoms with Crippen LogP contribution >= 0.6 is 0 Å². The van der Waals surface area contributed by atoms with Crippen LogP contribution < -0.4 is 5.73 Å². The number of nitrogens with zero attached hydrogens (tertiary/aromatic N) is 4. The van der Waals surface area contributed by atoms with Crippen molar-refractivity contribution in [2.24, 2.45) is 0 Å². The van der Waals surface area contributed by atoms with Gasteiger partial charge in [0.2, 0.25) is 0 Å². The van der Waals surface area contributed by atoms with Crippen molar-refractivity contribution >= 4 is 16.9 Å². The molecule has 0 fully saturated rings. The molecular weight excluding hydrogens is 417 g/mol. The Morgan fingerprint density at radius 2 is 1.61 bits per heavy atom. The summed E-state index contributed by atoms with van der Waals surface area (Å²) in [5.74, 6) is 0.252. The zero-order valence-corrected chi connectivity index (χ0v) is 18.4. The zero-order chi connectivity index (χ0) is 23.4. The van der Waals surface area contributed by atoms with E-state index in [0.29, 0.717) is 34.1 Å². The molecule has 3 heterocycles. The fourth-order valence-corrected chi connectivity index (χ4v) is 3.50. The number of hydrogen-bond donors (Lipinski definition) is 2. The normalized spacial score (nSPS) is 10.7. The van der Waals surface area contributed by atoms with Gasteiger partial charge in [-0.05, 0) is 54.1 Å². The minimum Gasteiger partial charge on any atom is -0.398 e. The molecule has 0 spiro atoms. The van der Waals surface area contributed by atoms with Crippen LogP contribution in [0.4, 0.5) is 10.1 Å². The van der Waals surface area contributed by atoms with E-state index in [1.165, 1.54) is 12.3 Å². The Labute approximate surface area is 191 Å². The monoisotopic (exact) mass is 441 g/mol. The van der Waals surface area contributed by atoms with Gasteiger partial charge in [0.15, 0.2) is 5.65 Å². The van der Waals surface area contributed by atoms with Gasteiger partial charge in [-0.3, -0.25) is 9.55 Å². The van der Waals surface area contributed by atoms with Crippen molar-refractivity contribution in [1.29, 1.82) is 0 Å². The van der Waals surface area contributed by atoms with Crippen LogP contribution in [0.3, 0.4) is 0 Å². The first-order valence-corrected chi connectivity index (χ1v) is 10.7. The van der Waals surface area contributed by atoms with Crippen molar-refractivity contribution in [2.75, 3.05) is 5.73 Å². The summed E-state index contributed by atoms with van der Waals surface area (Å²) in [5.41, 5.74) is 11.8. The van der Waals surface area contributed by atoms with Crippen molar-refractivity contribution in [3.05, 3.63) is 90.4 Å². The van der Waals surface area contributed by atoms with Gasteiger partial charge in [-0.15, -0.1) is 0 Å². The number of fused-ring (bicyclic) bond motifs is 1. The van der Waals surface area contributed by atoms with Crippen LogP contribution in [0.25, 0.3) is 39.6 Å². The first-order valence-electron chi connectivity index (χ1n) is 10.7. The highest BCUT2D eigenvalue weighted by Crippen LogP contribution is 2.32. The van der Waals surface area contributed by atoms with Crippen LogP contribution in [0.5, 0.6) is 0 Å². The summed E-state index contributed by atoms with van der Waals surface area (Å²) in [6, 6.07) is 21.7. The van der Waals surface area contributed by atoms with Crippen LogP contribution in [0, 0.1) is 5.82 Å². The number of benzene rings is 2. The van der Waals surface area contributed by atoms with Gasteiger partial charge in [-0.2, -0.15) is 0 Å². The molecule has 0 atom stereocenters. The third kappa shape index (κ3) is 4.31. The third-order valence-corrected chi connectivity index (χ3v) is 5.07. The maximum Gasteiger partial charge on any atom is 0.165 e. The Kier molecular flexibility index (Phi) is 6.42. The minimum atomic E-state index is -0.402. The standard InChI is InChI=1S/C24H18FN5O.C2H6/c25-16-7-10-20(27-13-16)21-11-12-22-24(28-21)30(17-8-5-15(14-31)6-9-17)23(29-22)18-3-1-2-4-19(18)26;1-2/h1-13,31H,14,26H2;1-2H3. The molecule has 0 radical (unpaired) electrons. The van der Waals surface area contributed by atoms with E-state index in [1.807, 2.05) is 79.1 Å². The van der Waals surface area contributed by atoms with E-state index in [9.17, 15) is 9.50 Å². The zero-order valence-electron chi connectivity index (χ0n) is 18.4. The van der Waals surface area contributed by atoms with Crippen LogP contribution in [0.2, 0.25) is 0 Å². The predicted octanol–water partition coefficient (Wildman–Crippen LogP) is 5.39. The fourth-order valence-electron chi connectivity index (χ4n) is 3.50. The number of halogens is 1. The van der Waals surface area contributed by atoms with Crippen molar-refractivity contribution < 1.29 is 9.50 Å². The molecular formula is C26H24FN5O. The Balaban J connectivity index is 0.00000126. The van der Waals surface area contributed by atoms with Gasteiger partial charge in [0.25, 0.3) is 0 Å². The predicted molar refractivity (Wildman–Crippen MR) is 129 cm³/mol. The van der Waals surface area contributed by atoms with E-state index in [4.69, 9.17) is 15.7 Å². The SMILES string of the molecule is CC.Nc1ccccc1-c1nc2ccc(-c3ccc(F)cn3)nc2n1-c1ccc(CO)cc1. The minimum absolute atomic E-state index is 0.0396. The number of hydrogen-bond acceptors (Lipinski definition) is 5. The van der Waals surface area contributed by atoms with Gasteiger partial charge in [0.1, 0.15) is 17.2 Å². The number of para-hydroxylation sites is 1. The smallest absolute Gasteiger partial charge is 0.165 e. The highest BCUT2D eigenvalue weighted by Gasteiger charge is 2.18. The van der Waals surface area contributed by atoms with E-state index in [-0.39, 0.29) is 6.61 Å². The summed E-state index contributed by atoms with van der Waals surface area (Å²) in [5, 5.41) is 9.40. The summed E-state index contributed by atoms with van der Waals surface area (Å²) in [4.78, 5) is 13.7. The molecule has 0 amide bonds. The van der Waals surface area contributed by atoms with Gasteiger partial charge in [0.05, 0.1) is 24.2 Å². The number of aliphatic hydroxyl groups excluding tert-OH is 1. The number of aromatic nitrogens is 4. The van der Waals surface area contributed by atoms with E-state index in [0.717, 1.165) is 16.8 Å². The molecule has 0 aliphatic carbocycles. The summed E-state index contributed by atoms with van der Waals surface area (Å²) >= 11 is 0. The van der Waals surface area contributed by atoms with Crippen LogP contribution in [0.15, 0.2) is 79.0 Å². The Hall–Kier alpha value is -4.10. The van der Waals surface area contributed by atoms with Crippen molar-refractivity contribution in [1.82, 2.24) is 19.5 Å². The number of pyridine rings is 2. The van der Waals surface area contributed by atoms with Crippen LogP contribution in [0.1, 0.15) is 19.4 Å². The number of rotatable bonds is 4. The molecule has 7 heteroatoms. The highest BCUT2D eigenvalue weighted by atomic mass is 19.1. The molecule has 2 aromatic carbocycles. The van der Waals surface area contributed by atoms with E-state index < -0.39 is 5.82 Å². The second-order valence-corrected chi connectivity index (χ2v) is 7.08. The molecule has 5 rings (SSSR count). The number of nitrogen functional groups attached to an aromatic ring is 1. The topological polar surface area (TPSA) is 89.9 Å². The molecule has 5 aromatic rings. The number of imidazole rings is 1. The molecule has 0 aliphatic heterocycles. The Morgan fingerprint density at radius 3 is 2.27 bits per heavy atom. The average Bonchev–Trinajstić information content (AvgIpc) is 3.24. The van der Waals surface area contributed by atoms with E-state index in [1.54, 1.807) is 6.07 Å². The Morgan fingerprint density at radius 1 is 0.879 bits per heavy atom. The Bertz CT molecular complexity index is 1380. The molecule has 33 heavy (non-hydrogen) atoms. The second kappa shape index (κ2) is 9.58. The van der Waals surface area contributed by atoms with Crippen LogP contribution in [-0.2, 0) is 6.61 Å². The quantitative estimate of drug-likeness (QED) is 0.365. The third-order valence-electron chi connectivity index (χ3n) is 5.07. The molecule has 0 aliphatic rings. The van der Waals surface area contributed by atoms with Gasteiger partial charge in [-0.25, -0.2) is 14.4 Å². The van der Waals surface area contributed by atoms with Gasteiger partial charge in [0, 0.05) is 16.9 Å². The highest BCUT2D eigenvalue weighted by molar-refractivity contribution is 5.85. The summed E-state index contributed by atoms with van der Waals surface area (Å²) < 4.78 is 15.2. The van der Waals surface area contributed by atoms with Gasteiger partial charge in [-0.1, -0.05) is 38.1 Å². The summed E-state index contributed by atoms with van der Waals surface area (Å²) in [6.07, 6.45) is 1.17. The van der Waals surface area contributed by atoms with Crippen molar-refractivity contribution in [3.63, 3.8) is 0 Å².